The summed E-state index contributed by atoms with van der Waals surface area (Å²) in [4.78, 5) is 22.1. The third-order valence-corrected chi connectivity index (χ3v) is 2.62. The quantitative estimate of drug-likeness (QED) is 0.594. The van der Waals surface area contributed by atoms with Gasteiger partial charge in [0.05, 0.1) is 0 Å². The van der Waals surface area contributed by atoms with Gasteiger partial charge >= 0.3 is 12.1 Å². The molecule has 0 aliphatic carbocycles. The molecule has 0 aliphatic heterocycles. The number of rotatable bonds is 8. The van der Waals surface area contributed by atoms with Gasteiger partial charge in [-0.1, -0.05) is 13.8 Å². The zero-order chi connectivity index (χ0) is 15.8. The number of carboxylic acids is 1. The Labute approximate surface area is 121 Å². The number of hydrogen-bond donors (Lipinski definition) is 3. The SMILES string of the molecule is CC(C)C(CNCCCC(=O)O)NC(=O)OC(C)(C)C. The van der Waals surface area contributed by atoms with Crippen LogP contribution in [-0.4, -0.2) is 41.9 Å². The fraction of sp³-hybridized carbons (Fsp3) is 0.857. The van der Waals surface area contributed by atoms with Crippen molar-refractivity contribution in [2.45, 2.75) is 59.1 Å². The van der Waals surface area contributed by atoms with Gasteiger partial charge in [-0.05, 0) is 39.7 Å². The van der Waals surface area contributed by atoms with Crippen molar-refractivity contribution >= 4 is 12.1 Å². The number of carbonyl (C=O) groups excluding carboxylic acids is 1. The van der Waals surface area contributed by atoms with Gasteiger partial charge in [0.1, 0.15) is 5.60 Å². The van der Waals surface area contributed by atoms with Crippen molar-refractivity contribution in [1.29, 1.82) is 0 Å². The van der Waals surface area contributed by atoms with Crippen LogP contribution in [0.15, 0.2) is 0 Å². The lowest BCUT2D eigenvalue weighted by Crippen LogP contribution is -2.47. The first-order chi connectivity index (χ1) is 9.11. The fourth-order valence-electron chi connectivity index (χ4n) is 1.53. The summed E-state index contributed by atoms with van der Waals surface area (Å²) in [5.41, 5.74) is -0.513. The van der Waals surface area contributed by atoms with Gasteiger partial charge in [-0.3, -0.25) is 4.79 Å². The van der Waals surface area contributed by atoms with Gasteiger partial charge < -0.3 is 20.5 Å². The fourth-order valence-corrected chi connectivity index (χ4v) is 1.53. The van der Waals surface area contributed by atoms with Crippen molar-refractivity contribution < 1.29 is 19.4 Å². The smallest absolute Gasteiger partial charge is 0.407 e. The molecule has 1 atom stereocenters. The molecule has 0 radical (unpaired) electrons. The van der Waals surface area contributed by atoms with Gasteiger partial charge in [0.2, 0.25) is 0 Å². The Morgan fingerprint density at radius 3 is 2.30 bits per heavy atom. The van der Waals surface area contributed by atoms with Crippen LogP contribution in [0.3, 0.4) is 0 Å². The molecule has 1 amide bonds. The Kier molecular flexibility index (Phi) is 8.22. The molecule has 118 valence electrons. The van der Waals surface area contributed by atoms with Crippen LogP contribution < -0.4 is 10.6 Å². The summed E-state index contributed by atoms with van der Waals surface area (Å²) in [6.45, 7) is 10.7. The van der Waals surface area contributed by atoms with Crippen molar-refractivity contribution in [1.82, 2.24) is 10.6 Å². The van der Waals surface area contributed by atoms with Crippen molar-refractivity contribution in [3.8, 4) is 0 Å². The van der Waals surface area contributed by atoms with Gasteiger partial charge in [0, 0.05) is 19.0 Å². The van der Waals surface area contributed by atoms with Crippen LogP contribution in [0.2, 0.25) is 0 Å². The van der Waals surface area contributed by atoms with E-state index in [0.29, 0.717) is 19.5 Å². The standard InChI is InChI=1S/C14H28N2O4/c1-10(2)11(9-15-8-6-7-12(17)18)16-13(19)20-14(3,4)5/h10-11,15H,6-9H2,1-5H3,(H,16,19)(H,17,18). The minimum absolute atomic E-state index is 0.0466. The molecule has 0 saturated carbocycles. The van der Waals surface area contributed by atoms with E-state index in [-0.39, 0.29) is 18.4 Å². The number of alkyl carbamates (subject to hydrolysis) is 1. The van der Waals surface area contributed by atoms with Crippen molar-refractivity contribution in [3.05, 3.63) is 0 Å². The highest BCUT2D eigenvalue weighted by atomic mass is 16.6. The van der Waals surface area contributed by atoms with Crippen molar-refractivity contribution in [3.63, 3.8) is 0 Å². The maximum atomic E-state index is 11.7. The van der Waals surface area contributed by atoms with Crippen molar-refractivity contribution in [2.75, 3.05) is 13.1 Å². The molecule has 0 aromatic carbocycles. The number of hydrogen-bond acceptors (Lipinski definition) is 4. The lowest BCUT2D eigenvalue weighted by molar-refractivity contribution is -0.137. The topological polar surface area (TPSA) is 87.7 Å². The summed E-state index contributed by atoms with van der Waals surface area (Å²) >= 11 is 0. The molecule has 0 aliphatic rings. The zero-order valence-electron chi connectivity index (χ0n) is 13.2. The minimum Gasteiger partial charge on any atom is -0.481 e. The first kappa shape index (κ1) is 18.7. The molecular weight excluding hydrogens is 260 g/mol. The Hall–Kier alpha value is -1.30. The van der Waals surface area contributed by atoms with E-state index < -0.39 is 17.7 Å². The van der Waals surface area contributed by atoms with Gasteiger partial charge in [0.25, 0.3) is 0 Å². The molecular formula is C14H28N2O4. The van der Waals surface area contributed by atoms with Gasteiger partial charge in [-0.25, -0.2) is 4.79 Å². The predicted molar refractivity (Wildman–Crippen MR) is 77.7 cm³/mol. The average Bonchev–Trinajstić information content (AvgIpc) is 2.23. The van der Waals surface area contributed by atoms with Gasteiger partial charge in [-0.2, -0.15) is 0 Å². The highest BCUT2D eigenvalue weighted by Crippen LogP contribution is 2.08. The van der Waals surface area contributed by atoms with Crippen molar-refractivity contribution in [2.24, 2.45) is 5.92 Å². The molecule has 0 bridgehead atoms. The lowest BCUT2D eigenvalue weighted by Gasteiger charge is -2.26. The predicted octanol–water partition coefficient (Wildman–Crippen LogP) is 1.99. The van der Waals surface area contributed by atoms with Gasteiger partial charge in [0.15, 0.2) is 0 Å². The molecule has 0 aromatic rings. The van der Waals surface area contributed by atoms with Crippen LogP contribution in [0.1, 0.15) is 47.5 Å². The van der Waals surface area contributed by atoms with E-state index >= 15 is 0 Å². The Bertz CT molecular complexity index is 311. The summed E-state index contributed by atoms with van der Waals surface area (Å²) in [6, 6.07) is -0.0466. The lowest BCUT2D eigenvalue weighted by atomic mass is 10.0. The van der Waals surface area contributed by atoms with E-state index in [2.05, 4.69) is 10.6 Å². The Morgan fingerprint density at radius 2 is 1.85 bits per heavy atom. The highest BCUT2D eigenvalue weighted by Gasteiger charge is 2.21. The highest BCUT2D eigenvalue weighted by molar-refractivity contribution is 5.68. The summed E-state index contributed by atoms with van der Waals surface area (Å²) in [5.74, 6) is -0.534. The summed E-state index contributed by atoms with van der Waals surface area (Å²) in [5, 5.41) is 14.5. The summed E-state index contributed by atoms with van der Waals surface area (Å²) in [7, 11) is 0. The largest absolute Gasteiger partial charge is 0.481 e. The number of carbonyl (C=O) groups is 2. The Balaban J connectivity index is 4.05. The van der Waals surface area contributed by atoms with Crippen LogP contribution in [0.5, 0.6) is 0 Å². The van der Waals surface area contributed by atoms with E-state index in [1.54, 1.807) is 0 Å². The van der Waals surface area contributed by atoms with Crippen LogP contribution >= 0.6 is 0 Å². The Morgan fingerprint density at radius 1 is 1.25 bits per heavy atom. The number of aliphatic carboxylic acids is 1. The molecule has 6 nitrogen and oxygen atoms in total. The third-order valence-electron chi connectivity index (χ3n) is 2.62. The number of amides is 1. The first-order valence-electron chi connectivity index (χ1n) is 7.04. The molecule has 3 N–H and O–H groups in total. The van der Waals surface area contributed by atoms with E-state index in [1.807, 2.05) is 34.6 Å². The van der Waals surface area contributed by atoms with E-state index in [1.165, 1.54) is 0 Å². The number of carboxylic acid groups (broad SMARTS) is 1. The van der Waals surface area contributed by atoms with Gasteiger partial charge in [-0.15, -0.1) is 0 Å². The summed E-state index contributed by atoms with van der Waals surface area (Å²) < 4.78 is 5.22. The molecule has 20 heavy (non-hydrogen) atoms. The third kappa shape index (κ3) is 10.6. The maximum absolute atomic E-state index is 11.7. The minimum atomic E-state index is -0.793. The normalized spacial score (nSPS) is 13.1. The molecule has 1 unspecified atom stereocenters. The average molecular weight is 288 g/mol. The zero-order valence-corrected chi connectivity index (χ0v) is 13.2. The maximum Gasteiger partial charge on any atom is 0.407 e. The molecule has 0 aromatic heterocycles. The first-order valence-corrected chi connectivity index (χ1v) is 7.04. The monoisotopic (exact) mass is 288 g/mol. The number of ether oxygens (including phenoxy) is 1. The van der Waals surface area contributed by atoms with Crippen LogP contribution in [-0.2, 0) is 9.53 Å². The molecule has 0 spiro atoms. The second-order valence-corrected chi connectivity index (χ2v) is 6.20. The second-order valence-electron chi connectivity index (χ2n) is 6.20. The van der Waals surface area contributed by atoms with Crippen LogP contribution in [0, 0.1) is 5.92 Å². The van der Waals surface area contributed by atoms with E-state index in [9.17, 15) is 9.59 Å². The second kappa shape index (κ2) is 8.79. The molecule has 0 heterocycles. The molecule has 0 fully saturated rings. The van der Waals surface area contributed by atoms with Crippen LogP contribution in [0.4, 0.5) is 4.79 Å². The summed E-state index contributed by atoms with van der Waals surface area (Å²) in [6.07, 6.45) is 0.300. The molecule has 6 heteroatoms. The molecule has 0 saturated heterocycles. The van der Waals surface area contributed by atoms with E-state index in [4.69, 9.17) is 9.84 Å². The van der Waals surface area contributed by atoms with Crippen LogP contribution in [0.25, 0.3) is 0 Å². The molecule has 0 rings (SSSR count). The van der Waals surface area contributed by atoms with E-state index in [0.717, 1.165) is 0 Å². The number of nitrogens with one attached hydrogen (secondary N) is 2.